The number of hydrogen-bond donors (Lipinski definition) is 1. The molecule has 5 heteroatoms. The summed E-state index contributed by atoms with van der Waals surface area (Å²) in [6.07, 6.45) is 5.35. The Balaban J connectivity index is 1.86. The first-order chi connectivity index (χ1) is 9.11. The highest BCUT2D eigenvalue weighted by Crippen LogP contribution is 2.47. The number of carbonyl (C=O) groups excluding carboxylic acids is 1. The fourth-order valence-electron chi connectivity index (χ4n) is 2.57. The Hall–Kier alpha value is -1.62. The molecule has 1 aromatic heterocycles. The zero-order valence-corrected chi connectivity index (χ0v) is 11.1. The van der Waals surface area contributed by atoms with Crippen LogP contribution in [0.25, 0.3) is 0 Å². The van der Waals surface area contributed by atoms with Gasteiger partial charge in [-0.05, 0) is 19.8 Å². The van der Waals surface area contributed by atoms with Crippen LogP contribution >= 0.6 is 0 Å². The van der Waals surface area contributed by atoms with E-state index in [2.05, 4.69) is 4.98 Å². The number of H-pyrrole nitrogens is 1. The van der Waals surface area contributed by atoms with Gasteiger partial charge in [0.15, 0.2) is 5.43 Å². The Bertz CT molecular complexity index is 560. The Morgan fingerprint density at radius 1 is 1.42 bits per heavy atom. The van der Waals surface area contributed by atoms with E-state index in [9.17, 15) is 9.59 Å². The molecule has 1 aliphatic heterocycles. The van der Waals surface area contributed by atoms with Crippen molar-refractivity contribution in [1.82, 2.24) is 9.88 Å². The first-order valence-electron chi connectivity index (χ1n) is 6.66. The molecule has 1 saturated carbocycles. The average Bonchev–Trinajstić information content (AvgIpc) is 3.19. The number of pyridine rings is 1. The zero-order chi connectivity index (χ0) is 13.5. The molecular weight excluding hydrogens is 244 g/mol. The number of carbonyl (C=O) groups is 1. The molecule has 0 aromatic carbocycles. The minimum Gasteiger partial charge on any atom is -0.379 e. The molecule has 5 nitrogen and oxygen atoms in total. The number of aromatic amines is 1. The molecule has 1 saturated heterocycles. The molecule has 0 atom stereocenters. The minimum absolute atomic E-state index is 0.156. The second-order valence-electron chi connectivity index (χ2n) is 5.66. The average molecular weight is 262 g/mol. The van der Waals surface area contributed by atoms with Crippen molar-refractivity contribution in [3.8, 4) is 0 Å². The maximum Gasteiger partial charge on any atom is 0.259 e. The van der Waals surface area contributed by atoms with Gasteiger partial charge >= 0.3 is 0 Å². The van der Waals surface area contributed by atoms with Crippen molar-refractivity contribution in [2.24, 2.45) is 5.41 Å². The molecule has 0 bridgehead atoms. The maximum atomic E-state index is 12.5. The predicted molar refractivity (Wildman–Crippen MR) is 70.2 cm³/mol. The van der Waals surface area contributed by atoms with Crippen molar-refractivity contribution < 1.29 is 9.53 Å². The number of nitrogens with one attached hydrogen (secondary N) is 1. The molecule has 1 aromatic rings. The van der Waals surface area contributed by atoms with Crippen LogP contribution in [-0.2, 0) is 4.74 Å². The summed E-state index contributed by atoms with van der Waals surface area (Å²) < 4.78 is 5.56. The van der Waals surface area contributed by atoms with Crippen molar-refractivity contribution in [1.29, 1.82) is 0 Å². The third-order valence-electron chi connectivity index (χ3n) is 4.05. The summed E-state index contributed by atoms with van der Waals surface area (Å²) in [5.74, 6) is -0.179. The normalized spacial score (nSPS) is 21.2. The van der Waals surface area contributed by atoms with Crippen LogP contribution in [-0.4, -0.2) is 42.1 Å². The summed E-state index contributed by atoms with van der Waals surface area (Å²) in [6.45, 7) is 4.27. The number of aromatic nitrogens is 1. The van der Waals surface area contributed by atoms with Gasteiger partial charge in [-0.25, -0.2) is 0 Å². The van der Waals surface area contributed by atoms with E-state index in [1.807, 2.05) is 0 Å². The van der Waals surface area contributed by atoms with Gasteiger partial charge in [0.25, 0.3) is 5.91 Å². The van der Waals surface area contributed by atoms with E-state index in [0.29, 0.717) is 25.3 Å². The van der Waals surface area contributed by atoms with Crippen LogP contribution in [0.3, 0.4) is 0 Å². The molecular formula is C14H18N2O3. The molecule has 0 radical (unpaired) electrons. The predicted octanol–water partition coefficient (Wildman–Crippen LogP) is 0.936. The van der Waals surface area contributed by atoms with Crippen LogP contribution in [0.15, 0.2) is 17.2 Å². The summed E-state index contributed by atoms with van der Waals surface area (Å²) in [5, 5.41) is 0. The lowest BCUT2D eigenvalue weighted by molar-refractivity contribution is 0.0733. The van der Waals surface area contributed by atoms with Gasteiger partial charge < -0.3 is 14.6 Å². The van der Waals surface area contributed by atoms with Gasteiger partial charge in [0.2, 0.25) is 0 Å². The van der Waals surface area contributed by atoms with Gasteiger partial charge in [-0.15, -0.1) is 0 Å². The second kappa shape index (κ2) is 4.49. The SMILES string of the molecule is Cc1c[nH]cc(C(=O)N2CCOCC3(CC3)C2)c1=O. The zero-order valence-electron chi connectivity index (χ0n) is 11.1. The quantitative estimate of drug-likeness (QED) is 0.819. The van der Waals surface area contributed by atoms with E-state index >= 15 is 0 Å². The second-order valence-corrected chi connectivity index (χ2v) is 5.66. The molecule has 102 valence electrons. The van der Waals surface area contributed by atoms with Crippen LogP contribution in [0, 0.1) is 12.3 Å². The lowest BCUT2D eigenvalue weighted by Crippen LogP contribution is -2.39. The van der Waals surface area contributed by atoms with E-state index < -0.39 is 0 Å². The highest BCUT2D eigenvalue weighted by Gasteiger charge is 2.46. The van der Waals surface area contributed by atoms with Gasteiger partial charge in [0.05, 0.1) is 13.2 Å². The lowest BCUT2D eigenvalue weighted by Gasteiger charge is -2.23. The van der Waals surface area contributed by atoms with E-state index in [4.69, 9.17) is 4.74 Å². The topological polar surface area (TPSA) is 62.4 Å². The molecule has 1 amide bonds. The Morgan fingerprint density at radius 3 is 2.95 bits per heavy atom. The van der Waals surface area contributed by atoms with E-state index in [1.165, 1.54) is 6.20 Å². The van der Waals surface area contributed by atoms with Gasteiger partial charge in [0, 0.05) is 36.5 Å². The lowest BCUT2D eigenvalue weighted by atomic mass is 10.1. The van der Waals surface area contributed by atoms with Crippen LogP contribution < -0.4 is 5.43 Å². The molecule has 1 aliphatic carbocycles. The molecule has 3 rings (SSSR count). The monoisotopic (exact) mass is 262 g/mol. The molecule has 2 fully saturated rings. The number of rotatable bonds is 1. The summed E-state index contributed by atoms with van der Waals surface area (Å²) in [5.41, 5.74) is 0.775. The Labute approximate surface area is 111 Å². The van der Waals surface area contributed by atoms with Crippen LogP contribution in [0.2, 0.25) is 0 Å². The first kappa shape index (κ1) is 12.4. The van der Waals surface area contributed by atoms with Gasteiger partial charge in [0.1, 0.15) is 5.56 Å². The Kier molecular flexibility index (Phi) is 2.93. The molecule has 1 spiro atoms. The smallest absolute Gasteiger partial charge is 0.259 e. The standard InChI is InChI=1S/C14H18N2O3/c1-10-6-15-7-11(12(10)17)13(18)16-4-5-19-9-14(8-16)2-3-14/h6-7H,2-5,8-9H2,1H3,(H,15,17). The van der Waals surface area contributed by atoms with E-state index in [-0.39, 0.29) is 22.3 Å². The van der Waals surface area contributed by atoms with Crippen molar-refractivity contribution in [2.45, 2.75) is 19.8 Å². The molecule has 2 aliphatic rings. The van der Waals surface area contributed by atoms with E-state index in [1.54, 1.807) is 18.0 Å². The third kappa shape index (κ3) is 2.30. The maximum absolute atomic E-state index is 12.5. The molecule has 2 heterocycles. The largest absolute Gasteiger partial charge is 0.379 e. The van der Waals surface area contributed by atoms with Crippen molar-refractivity contribution >= 4 is 5.91 Å². The van der Waals surface area contributed by atoms with Crippen LogP contribution in [0.4, 0.5) is 0 Å². The summed E-state index contributed by atoms with van der Waals surface area (Å²) in [7, 11) is 0. The summed E-state index contributed by atoms with van der Waals surface area (Å²) >= 11 is 0. The van der Waals surface area contributed by atoms with Crippen molar-refractivity contribution in [2.75, 3.05) is 26.3 Å². The summed E-state index contributed by atoms with van der Waals surface area (Å²) in [6, 6.07) is 0. The van der Waals surface area contributed by atoms with Crippen molar-refractivity contribution in [3.63, 3.8) is 0 Å². The fourth-order valence-corrected chi connectivity index (χ4v) is 2.57. The fraction of sp³-hybridized carbons (Fsp3) is 0.571. The van der Waals surface area contributed by atoms with Crippen molar-refractivity contribution in [3.05, 3.63) is 33.7 Å². The molecule has 19 heavy (non-hydrogen) atoms. The Morgan fingerprint density at radius 2 is 2.21 bits per heavy atom. The number of aryl methyl sites for hydroxylation is 1. The van der Waals surface area contributed by atoms with E-state index in [0.717, 1.165) is 19.4 Å². The summed E-state index contributed by atoms with van der Waals surface area (Å²) in [4.78, 5) is 29.1. The third-order valence-corrected chi connectivity index (χ3v) is 4.05. The number of ether oxygens (including phenoxy) is 1. The first-order valence-corrected chi connectivity index (χ1v) is 6.66. The number of nitrogens with zero attached hydrogens (tertiary/aromatic N) is 1. The molecule has 1 N–H and O–H groups in total. The van der Waals surface area contributed by atoms with Gasteiger partial charge in [-0.1, -0.05) is 0 Å². The number of hydrogen-bond acceptors (Lipinski definition) is 3. The van der Waals surface area contributed by atoms with Gasteiger partial charge in [-0.3, -0.25) is 9.59 Å². The molecule has 0 unspecified atom stereocenters. The highest BCUT2D eigenvalue weighted by molar-refractivity contribution is 5.94. The van der Waals surface area contributed by atoms with Crippen LogP contribution in [0.1, 0.15) is 28.8 Å². The van der Waals surface area contributed by atoms with Gasteiger partial charge in [-0.2, -0.15) is 0 Å². The highest BCUT2D eigenvalue weighted by atomic mass is 16.5. The van der Waals surface area contributed by atoms with Crippen LogP contribution in [0.5, 0.6) is 0 Å². The minimum atomic E-state index is -0.182. The number of amides is 1.